The number of rotatable bonds is 17. The van der Waals surface area contributed by atoms with Crippen molar-refractivity contribution in [3.63, 3.8) is 0 Å². The number of Topliss-reactive ketones (excluding diaryl/α,β-unsaturated/α-hetero) is 1. The molecule has 0 aromatic carbocycles. The Labute approximate surface area is 249 Å². The molecule has 4 atom stereocenters. The van der Waals surface area contributed by atoms with Crippen molar-refractivity contribution < 1.29 is 42.3 Å². The summed E-state index contributed by atoms with van der Waals surface area (Å²) in [7, 11) is 9.79. The minimum absolute atomic E-state index is 0. The van der Waals surface area contributed by atoms with Gasteiger partial charge in [-0.25, -0.2) is 0 Å². The van der Waals surface area contributed by atoms with Crippen LogP contribution in [0.15, 0.2) is 0 Å². The summed E-state index contributed by atoms with van der Waals surface area (Å²) in [6.45, 7) is 24.8. The second kappa shape index (κ2) is 20.6. The quantitative estimate of drug-likeness (QED) is 0.106. The molecule has 0 saturated heterocycles. The van der Waals surface area contributed by atoms with Gasteiger partial charge in [0.2, 0.25) is 0 Å². The summed E-state index contributed by atoms with van der Waals surface area (Å²) in [4.78, 5) is 24.4. The first kappa shape index (κ1) is 40.2. The van der Waals surface area contributed by atoms with Gasteiger partial charge in [-0.15, -0.1) is 11.7 Å². The van der Waals surface area contributed by atoms with Crippen LogP contribution in [-0.2, 0) is 42.3 Å². The van der Waals surface area contributed by atoms with Gasteiger partial charge in [-0.05, 0) is 5.92 Å². The van der Waals surface area contributed by atoms with Gasteiger partial charge in [-0.3, -0.25) is 11.1 Å². The van der Waals surface area contributed by atoms with Gasteiger partial charge in [0.05, 0.1) is 6.60 Å². The Hall–Kier alpha value is 0.704. The van der Waals surface area contributed by atoms with Gasteiger partial charge in [-0.2, -0.15) is 12.3 Å². The van der Waals surface area contributed by atoms with Gasteiger partial charge < -0.3 is 11.2 Å². The Kier molecular flexibility index (Phi) is 23.7. The first-order chi connectivity index (χ1) is 15.6. The van der Waals surface area contributed by atoms with Gasteiger partial charge in [0.1, 0.15) is 13.1 Å². The first-order valence-electron chi connectivity index (χ1n) is 13.8. The molecule has 0 aromatic heterocycles. The summed E-state index contributed by atoms with van der Waals surface area (Å²) in [6, 6.07) is 0. The zero-order valence-electron chi connectivity index (χ0n) is 25.4. The fraction of sp³-hybridized carbons (Fsp3) is 0.893. The minimum Gasteiger partial charge on any atom is -0.541 e. The molecule has 0 aliphatic carbocycles. The largest absolute Gasteiger partial charge is 0.541 e. The molecule has 195 valence electrons. The molecule has 0 N–H and O–H groups in total. The average Bonchev–Trinajstić information content (AvgIpc) is 2.78. The summed E-state index contributed by atoms with van der Waals surface area (Å²) >= 11 is 0. The topological polar surface area (TPSA) is 34.1 Å². The molecule has 4 unspecified atom stereocenters. The van der Waals surface area contributed by atoms with Crippen molar-refractivity contribution in [3.05, 3.63) is 6.42 Å². The molecule has 0 aromatic rings. The predicted octanol–water partition coefficient (Wildman–Crippen LogP) is 7.53. The molecular formula is C28H54B4O2Y-2. The molecule has 0 fully saturated rings. The average molecular weight is 555 g/mol. The van der Waals surface area contributed by atoms with E-state index in [1.165, 1.54) is 32.0 Å². The van der Waals surface area contributed by atoms with E-state index in [9.17, 15) is 9.59 Å². The van der Waals surface area contributed by atoms with Gasteiger partial charge in [0, 0.05) is 58.8 Å². The normalized spacial score (nSPS) is 15.0. The molecule has 0 bridgehead atoms. The molecular weight excluding hydrogens is 500 g/mol. The Balaban J connectivity index is -0.000000632. The van der Waals surface area contributed by atoms with Crippen LogP contribution < -0.4 is 0 Å². The molecule has 0 aliphatic rings. The van der Waals surface area contributed by atoms with Crippen LogP contribution in [-0.4, -0.2) is 40.8 Å². The molecule has 5 radical (unpaired) electrons. The number of carbonyl (C=O) groups is 1. The van der Waals surface area contributed by atoms with E-state index in [-0.39, 0.29) is 56.8 Å². The zero-order chi connectivity index (χ0) is 27.1. The van der Waals surface area contributed by atoms with Crippen molar-refractivity contribution in [3.8, 4) is 0 Å². The van der Waals surface area contributed by atoms with Gasteiger partial charge in [0.15, 0.2) is 0 Å². The first-order valence-corrected chi connectivity index (χ1v) is 13.8. The van der Waals surface area contributed by atoms with Crippen molar-refractivity contribution >= 4 is 40.8 Å². The molecule has 0 amide bonds. The molecule has 0 aliphatic heterocycles. The van der Waals surface area contributed by atoms with Crippen molar-refractivity contribution in [2.75, 3.05) is 0 Å². The number of unbranched alkanes of at least 4 members (excludes halogenated alkanes) is 1. The van der Waals surface area contributed by atoms with Gasteiger partial charge in [-0.1, -0.05) is 120 Å². The molecule has 7 heteroatoms. The molecule has 0 rings (SSSR count). The van der Waals surface area contributed by atoms with Crippen molar-refractivity contribution in [1.82, 2.24) is 0 Å². The fourth-order valence-electron chi connectivity index (χ4n) is 5.20. The van der Waals surface area contributed by atoms with Crippen molar-refractivity contribution in [1.29, 1.82) is 0 Å². The maximum absolute atomic E-state index is 13.0. The Morgan fingerprint density at radius 2 is 1.63 bits per heavy atom. The Morgan fingerprint density at radius 3 is 2.03 bits per heavy atom. The summed E-state index contributed by atoms with van der Waals surface area (Å²) in [5.74, 6) is 1.91. The molecule has 0 heterocycles. The Morgan fingerprint density at radius 1 is 1.09 bits per heavy atom. The van der Waals surface area contributed by atoms with Gasteiger partial charge in [0.25, 0.3) is 0 Å². The van der Waals surface area contributed by atoms with Crippen LogP contribution >= 0.6 is 0 Å². The third kappa shape index (κ3) is 15.6. The molecule has 2 nitrogen and oxygen atoms in total. The van der Waals surface area contributed by atoms with Crippen LogP contribution in [0.5, 0.6) is 0 Å². The second-order valence-corrected chi connectivity index (χ2v) is 12.0. The number of ketones is 1. The van der Waals surface area contributed by atoms with E-state index in [0.717, 1.165) is 18.2 Å². The monoisotopic (exact) mass is 555 g/mol. The maximum Gasteiger partial charge on any atom is 0.141 e. The second-order valence-electron chi connectivity index (χ2n) is 12.0. The summed E-state index contributed by atoms with van der Waals surface area (Å²) in [5.41, 5.74) is -1.34. The predicted molar refractivity (Wildman–Crippen MR) is 157 cm³/mol. The van der Waals surface area contributed by atoms with Crippen LogP contribution in [0.4, 0.5) is 0 Å². The van der Waals surface area contributed by atoms with E-state index in [1.54, 1.807) is 7.06 Å². The van der Waals surface area contributed by atoms with E-state index >= 15 is 0 Å². The van der Waals surface area contributed by atoms with E-state index in [2.05, 4.69) is 61.5 Å². The SMILES string of the molecule is CCCCC(C)[B]CC[CH-]C(C)C.[B][B]B(C)C(C(C)(C)[C-]=O)C(C)(C)C(=O)C(C)C(C)CC.[Y]. The zero-order valence-corrected chi connectivity index (χ0v) is 28.2. The van der Waals surface area contributed by atoms with E-state index < -0.39 is 10.8 Å². The summed E-state index contributed by atoms with van der Waals surface area (Å²) in [6.07, 6.45) is 12.1. The standard InChI is InChI=1S/C16H29B3O2.C12H25B.Y/c1-9-11(2)12(3)13(21)16(6,7)14(19(8)18-17)15(4,5)10-20;1-5-6-9-12(4)13-10-7-8-11(2)3;/h11-12,14H,9H2,1-8H3;8,11-12H,5-7,9-10H2,1-4H3;/q2*-1;. The van der Waals surface area contributed by atoms with Crippen LogP contribution in [0.25, 0.3) is 0 Å². The van der Waals surface area contributed by atoms with Crippen molar-refractivity contribution in [2.24, 2.45) is 28.6 Å². The molecule has 0 saturated carbocycles. The van der Waals surface area contributed by atoms with Crippen LogP contribution in [0.2, 0.25) is 24.8 Å². The molecule has 0 spiro atoms. The molecule has 35 heavy (non-hydrogen) atoms. The van der Waals surface area contributed by atoms with Crippen LogP contribution in [0.1, 0.15) is 108 Å². The third-order valence-electron chi connectivity index (χ3n) is 7.58. The van der Waals surface area contributed by atoms with Crippen molar-refractivity contribution in [2.45, 2.75) is 133 Å². The van der Waals surface area contributed by atoms with Gasteiger partial charge >= 0.3 is 0 Å². The van der Waals surface area contributed by atoms with Crippen LogP contribution in [0, 0.1) is 35.0 Å². The Bertz CT molecular complexity index is 555. The van der Waals surface area contributed by atoms with Crippen LogP contribution in [0.3, 0.4) is 0 Å². The third-order valence-corrected chi connectivity index (χ3v) is 7.58. The van der Waals surface area contributed by atoms with E-state index in [1.807, 2.05) is 41.4 Å². The summed E-state index contributed by atoms with van der Waals surface area (Å²) < 4.78 is 0. The number of carbonyl (C=O) groups excluding carboxylic acids is 2. The fourth-order valence-corrected chi connectivity index (χ4v) is 5.20. The summed E-state index contributed by atoms with van der Waals surface area (Å²) in [5, 5.41) is 0. The number of hydrogen-bond donors (Lipinski definition) is 0. The number of hydrogen-bond acceptors (Lipinski definition) is 2. The smallest absolute Gasteiger partial charge is 0.141 e. The van der Waals surface area contributed by atoms with E-state index in [0.29, 0.717) is 5.92 Å². The van der Waals surface area contributed by atoms with E-state index in [4.69, 9.17) is 7.74 Å². The maximum atomic E-state index is 13.0. The minimum atomic E-state index is -0.719.